The van der Waals surface area contributed by atoms with Gasteiger partial charge >= 0.3 is 5.63 Å². The monoisotopic (exact) mass is 326 g/mol. The van der Waals surface area contributed by atoms with Crippen LogP contribution in [0.4, 0.5) is 0 Å². The summed E-state index contributed by atoms with van der Waals surface area (Å²) in [5.74, 6) is 0.717. The first-order valence-corrected chi connectivity index (χ1v) is 8.16. The molecule has 5 aromatic rings. The summed E-state index contributed by atoms with van der Waals surface area (Å²) in [7, 11) is 0. The highest BCUT2D eigenvalue weighted by molar-refractivity contribution is 6.08. The van der Waals surface area contributed by atoms with E-state index in [2.05, 4.69) is 24.3 Å². The van der Waals surface area contributed by atoms with Gasteiger partial charge < -0.3 is 8.83 Å². The fourth-order valence-corrected chi connectivity index (χ4v) is 3.52. The molecule has 25 heavy (non-hydrogen) atoms. The number of hydrogen-bond donors (Lipinski definition) is 0. The number of furan rings is 1. The van der Waals surface area contributed by atoms with Gasteiger partial charge in [0.25, 0.3) is 0 Å². The third-order valence-electron chi connectivity index (χ3n) is 4.66. The Bertz CT molecular complexity index is 1320. The summed E-state index contributed by atoms with van der Waals surface area (Å²) < 4.78 is 11.5. The molecule has 0 spiro atoms. The predicted octanol–water partition coefficient (Wildman–Crippen LogP) is 5.67. The number of rotatable bonds is 1. The van der Waals surface area contributed by atoms with Crippen LogP contribution in [0, 0.1) is 6.92 Å². The number of para-hydroxylation sites is 1. The van der Waals surface area contributed by atoms with Gasteiger partial charge in [-0.3, -0.25) is 0 Å². The molecule has 0 amide bonds. The lowest BCUT2D eigenvalue weighted by molar-refractivity contribution is 0.559. The van der Waals surface area contributed by atoms with Crippen molar-refractivity contribution in [2.24, 2.45) is 0 Å². The third kappa shape index (κ3) is 2.02. The standard InChI is InChI=1S/C22H14O3/c1-13-19(16-11-10-14-6-2-3-7-15(14)12-16)20-21(24-13)17-8-4-5-9-18(17)25-22(20)23/h2-12H,1H3. The van der Waals surface area contributed by atoms with Crippen LogP contribution in [0.15, 0.2) is 80.4 Å². The molecular weight excluding hydrogens is 312 g/mol. The summed E-state index contributed by atoms with van der Waals surface area (Å²) in [6.07, 6.45) is 0. The summed E-state index contributed by atoms with van der Waals surface area (Å²) in [6.45, 7) is 1.89. The molecule has 120 valence electrons. The highest BCUT2D eigenvalue weighted by Gasteiger charge is 2.20. The van der Waals surface area contributed by atoms with E-state index in [1.54, 1.807) is 6.07 Å². The van der Waals surface area contributed by atoms with Gasteiger partial charge in [0.05, 0.1) is 5.39 Å². The molecule has 0 saturated carbocycles. The molecule has 3 nitrogen and oxygen atoms in total. The van der Waals surface area contributed by atoms with Crippen LogP contribution in [0.5, 0.6) is 0 Å². The molecule has 0 aliphatic heterocycles. The van der Waals surface area contributed by atoms with Gasteiger partial charge in [-0.25, -0.2) is 4.79 Å². The molecule has 0 unspecified atom stereocenters. The van der Waals surface area contributed by atoms with Gasteiger partial charge in [0.15, 0.2) is 5.58 Å². The quantitative estimate of drug-likeness (QED) is 0.373. The van der Waals surface area contributed by atoms with E-state index >= 15 is 0 Å². The highest BCUT2D eigenvalue weighted by atomic mass is 16.4. The largest absolute Gasteiger partial charge is 0.460 e. The van der Waals surface area contributed by atoms with Crippen molar-refractivity contribution >= 4 is 32.7 Å². The van der Waals surface area contributed by atoms with Gasteiger partial charge in [0, 0.05) is 5.56 Å². The molecule has 0 aliphatic rings. The van der Waals surface area contributed by atoms with E-state index in [0.717, 1.165) is 27.3 Å². The summed E-state index contributed by atoms with van der Waals surface area (Å²) in [6, 6.07) is 21.8. The lowest BCUT2D eigenvalue weighted by Gasteiger charge is -2.03. The Labute approximate surface area is 143 Å². The van der Waals surface area contributed by atoms with Crippen molar-refractivity contribution < 1.29 is 8.83 Å². The normalized spacial score (nSPS) is 11.6. The molecule has 3 heteroatoms. The number of aryl methyl sites for hydroxylation is 1. The molecule has 0 aliphatic carbocycles. The summed E-state index contributed by atoms with van der Waals surface area (Å²) in [4.78, 5) is 12.6. The average molecular weight is 326 g/mol. The number of hydrogen-bond acceptors (Lipinski definition) is 3. The third-order valence-corrected chi connectivity index (χ3v) is 4.66. The van der Waals surface area contributed by atoms with Crippen molar-refractivity contribution in [2.75, 3.05) is 0 Å². The van der Waals surface area contributed by atoms with Crippen LogP contribution in [-0.4, -0.2) is 0 Å². The lowest BCUT2D eigenvalue weighted by atomic mass is 9.99. The van der Waals surface area contributed by atoms with Gasteiger partial charge in [-0.15, -0.1) is 0 Å². The van der Waals surface area contributed by atoms with E-state index in [4.69, 9.17) is 8.83 Å². The van der Waals surface area contributed by atoms with Crippen LogP contribution < -0.4 is 5.63 Å². The molecule has 0 atom stereocenters. The molecule has 0 radical (unpaired) electrons. The van der Waals surface area contributed by atoms with Crippen molar-refractivity contribution in [3.63, 3.8) is 0 Å². The minimum absolute atomic E-state index is 0.367. The zero-order chi connectivity index (χ0) is 17.0. The SMILES string of the molecule is Cc1oc2c(c1-c1ccc3ccccc3c1)c(=O)oc1ccccc12. The van der Waals surface area contributed by atoms with Crippen LogP contribution >= 0.6 is 0 Å². The Kier molecular flexibility index (Phi) is 2.86. The second-order valence-corrected chi connectivity index (χ2v) is 6.18. The second-order valence-electron chi connectivity index (χ2n) is 6.18. The molecule has 2 aromatic heterocycles. The Hall–Kier alpha value is -3.33. The maximum absolute atomic E-state index is 12.6. The van der Waals surface area contributed by atoms with E-state index < -0.39 is 0 Å². The fourth-order valence-electron chi connectivity index (χ4n) is 3.52. The van der Waals surface area contributed by atoms with Crippen molar-refractivity contribution in [1.29, 1.82) is 0 Å². The minimum atomic E-state index is -0.367. The van der Waals surface area contributed by atoms with Gasteiger partial charge in [-0.05, 0) is 41.5 Å². The molecule has 0 saturated heterocycles. The van der Waals surface area contributed by atoms with Crippen LogP contribution in [0.3, 0.4) is 0 Å². The fraction of sp³-hybridized carbons (Fsp3) is 0.0455. The first-order chi connectivity index (χ1) is 12.2. The van der Waals surface area contributed by atoms with E-state index in [1.165, 1.54) is 0 Å². The summed E-state index contributed by atoms with van der Waals surface area (Å²) >= 11 is 0. The smallest absolute Gasteiger partial charge is 0.348 e. The van der Waals surface area contributed by atoms with Crippen molar-refractivity contribution in [1.82, 2.24) is 0 Å². The van der Waals surface area contributed by atoms with Gasteiger partial charge in [-0.1, -0.05) is 48.5 Å². The lowest BCUT2D eigenvalue weighted by Crippen LogP contribution is -1.99. The molecule has 0 bridgehead atoms. The number of fused-ring (bicyclic) bond motifs is 4. The summed E-state index contributed by atoms with van der Waals surface area (Å²) in [5, 5.41) is 3.60. The predicted molar refractivity (Wildman–Crippen MR) is 99.9 cm³/mol. The van der Waals surface area contributed by atoms with Crippen LogP contribution in [-0.2, 0) is 0 Å². The van der Waals surface area contributed by atoms with E-state index in [0.29, 0.717) is 22.3 Å². The Morgan fingerprint density at radius 3 is 2.44 bits per heavy atom. The Morgan fingerprint density at radius 2 is 1.56 bits per heavy atom. The van der Waals surface area contributed by atoms with E-state index in [9.17, 15) is 4.79 Å². The van der Waals surface area contributed by atoms with Crippen LogP contribution in [0.2, 0.25) is 0 Å². The Morgan fingerprint density at radius 1 is 0.800 bits per heavy atom. The van der Waals surface area contributed by atoms with Gasteiger partial charge in [-0.2, -0.15) is 0 Å². The zero-order valence-electron chi connectivity index (χ0n) is 13.6. The molecule has 3 aromatic carbocycles. The van der Waals surface area contributed by atoms with Gasteiger partial charge in [0.1, 0.15) is 16.7 Å². The first kappa shape index (κ1) is 14.1. The van der Waals surface area contributed by atoms with Crippen molar-refractivity contribution in [3.8, 4) is 11.1 Å². The molecule has 2 heterocycles. The molecule has 5 rings (SSSR count). The number of benzene rings is 3. The zero-order valence-corrected chi connectivity index (χ0v) is 13.6. The summed E-state index contributed by atoms with van der Waals surface area (Å²) in [5.41, 5.74) is 2.53. The van der Waals surface area contributed by atoms with Crippen molar-refractivity contribution in [3.05, 3.63) is 82.9 Å². The van der Waals surface area contributed by atoms with E-state index in [-0.39, 0.29) is 5.63 Å². The highest BCUT2D eigenvalue weighted by Crippen LogP contribution is 2.36. The van der Waals surface area contributed by atoms with E-state index in [1.807, 2.05) is 43.3 Å². The van der Waals surface area contributed by atoms with Gasteiger partial charge in [0.2, 0.25) is 0 Å². The van der Waals surface area contributed by atoms with Crippen LogP contribution in [0.25, 0.3) is 43.8 Å². The average Bonchev–Trinajstić information content (AvgIpc) is 2.99. The maximum atomic E-state index is 12.6. The minimum Gasteiger partial charge on any atom is -0.460 e. The maximum Gasteiger partial charge on any atom is 0.348 e. The van der Waals surface area contributed by atoms with Crippen molar-refractivity contribution in [2.45, 2.75) is 6.92 Å². The topological polar surface area (TPSA) is 43.4 Å². The first-order valence-electron chi connectivity index (χ1n) is 8.16. The Balaban J connectivity index is 1.90. The van der Waals surface area contributed by atoms with Crippen LogP contribution in [0.1, 0.15) is 5.76 Å². The second kappa shape index (κ2) is 5.08. The molecular formula is C22H14O3. The molecule has 0 fully saturated rings. The molecule has 0 N–H and O–H groups in total.